The normalized spacial score (nSPS) is 11.6. The van der Waals surface area contributed by atoms with E-state index in [0.717, 1.165) is 28.6 Å². The van der Waals surface area contributed by atoms with Gasteiger partial charge in [0.15, 0.2) is 11.0 Å². The molecule has 1 N–H and O–H groups in total. The number of anilines is 3. The number of rotatable bonds is 9. The number of aromatic nitrogens is 3. The van der Waals surface area contributed by atoms with E-state index in [0.29, 0.717) is 16.7 Å². The van der Waals surface area contributed by atoms with Crippen LogP contribution in [-0.4, -0.2) is 25.9 Å². The standard InChI is InChI=1S/C30H26ClN5OS/c1-22(29(37)35(25-11-5-2-6-12-25)26-13-7-3-8-14-26)38-30-34-33-28(36(30)27-15-9-4-10-16-27)21-32-24-19-17-23(31)18-20-24/h2-20,22,32H,21H2,1H3/t22-/m0/s1. The van der Waals surface area contributed by atoms with Gasteiger partial charge in [0.25, 0.3) is 0 Å². The molecular formula is C30H26ClN5OS. The molecule has 0 aliphatic carbocycles. The Morgan fingerprint density at radius 2 is 1.39 bits per heavy atom. The Balaban J connectivity index is 1.43. The largest absolute Gasteiger partial charge is 0.378 e. The Morgan fingerprint density at radius 3 is 1.97 bits per heavy atom. The molecule has 0 aliphatic heterocycles. The Hall–Kier alpha value is -4.07. The van der Waals surface area contributed by atoms with E-state index < -0.39 is 5.25 Å². The smallest absolute Gasteiger partial charge is 0.244 e. The van der Waals surface area contributed by atoms with Crippen LogP contribution in [-0.2, 0) is 11.3 Å². The summed E-state index contributed by atoms with van der Waals surface area (Å²) in [4.78, 5) is 15.6. The summed E-state index contributed by atoms with van der Waals surface area (Å²) in [7, 11) is 0. The van der Waals surface area contributed by atoms with Crippen LogP contribution >= 0.6 is 23.4 Å². The summed E-state index contributed by atoms with van der Waals surface area (Å²) in [6, 6.07) is 36.8. The minimum absolute atomic E-state index is 0.0455. The van der Waals surface area contributed by atoms with Crippen LogP contribution in [0.15, 0.2) is 120 Å². The maximum Gasteiger partial charge on any atom is 0.244 e. The molecule has 1 heterocycles. The van der Waals surface area contributed by atoms with Crippen molar-refractivity contribution in [2.24, 2.45) is 0 Å². The maximum absolute atomic E-state index is 13.9. The topological polar surface area (TPSA) is 63.1 Å². The highest BCUT2D eigenvalue weighted by Crippen LogP contribution is 2.32. The lowest BCUT2D eigenvalue weighted by molar-refractivity contribution is -0.117. The number of halogens is 1. The van der Waals surface area contributed by atoms with Crippen molar-refractivity contribution in [2.75, 3.05) is 10.2 Å². The van der Waals surface area contributed by atoms with Crippen LogP contribution in [0.25, 0.3) is 5.69 Å². The van der Waals surface area contributed by atoms with Gasteiger partial charge in [-0.15, -0.1) is 10.2 Å². The van der Waals surface area contributed by atoms with Crippen molar-refractivity contribution in [3.05, 3.63) is 126 Å². The first kappa shape index (κ1) is 25.6. The number of benzene rings is 4. The lowest BCUT2D eigenvalue weighted by Gasteiger charge is -2.26. The number of nitrogens with zero attached hydrogens (tertiary/aromatic N) is 4. The lowest BCUT2D eigenvalue weighted by Crippen LogP contribution is -2.33. The van der Waals surface area contributed by atoms with Crippen LogP contribution in [0, 0.1) is 0 Å². The molecule has 38 heavy (non-hydrogen) atoms. The number of carbonyl (C=O) groups is 1. The van der Waals surface area contributed by atoms with Crippen molar-refractivity contribution in [1.29, 1.82) is 0 Å². The highest BCUT2D eigenvalue weighted by atomic mass is 35.5. The predicted molar refractivity (Wildman–Crippen MR) is 155 cm³/mol. The fraction of sp³-hybridized carbons (Fsp3) is 0.100. The summed E-state index contributed by atoms with van der Waals surface area (Å²) in [6.07, 6.45) is 0. The molecular weight excluding hydrogens is 514 g/mol. The zero-order valence-corrected chi connectivity index (χ0v) is 22.3. The Labute approximate surface area is 231 Å². The molecule has 1 aromatic heterocycles. The van der Waals surface area contributed by atoms with Gasteiger partial charge in [0, 0.05) is 27.8 Å². The molecule has 0 saturated carbocycles. The monoisotopic (exact) mass is 539 g/mol. The van der Waals surface area contributed by atoms with Gasteiger partial charge in [-0.2, -0.15) is 0 Å². The third kappa shape index (κ3) is 5.90. The average Bonchev–Trinajstić information content (AvgIpc) is 3.36. The van der Waals surface area contributed by atoms with Gasteiger partial charge in [0.2, 0.25) is 5.91 Å². The number of hydrogen-bond donors (Lipinski definition) is 1. The van der Waals surface area contributed by atoms with E-state index in [1.54, 1.807) is 4.90 Å². The van der Waals surface area contributed by atoms with Crippen LogP contribution < -0.4 is 10.2 Å². The van der Waals surface area contributed by atoms with E-state index in [1.165, 1.54) is 11.8 Å². The minimum Gasteiger partial charge on any atom is -0.378 e. The van der Waals surface area contributed by atoms with Crippen molar-refractivity contribution in [2.45, 2.75) is 23.9 Å². The third-order valence-corrected chi connectivity index (χ3v) is 7.17. The van der Waals surface area contributed by atoms with Crippen LogP contribution in [0.2, 0.25) is 5.02 Å². The molecule has 0 fully saturated rings. The van der Waals surface area contributed by atoms with Gasteiger partial charge in [-0.25, -0.2) is 0 Å². The SMILES string of the molecule is C[C@H](Sc1nnc(CNc2ccc(Cl)cc2)n1-c1ccccc1)C(=O)N(c1ccccc1)c1ccccc1. The van der Waals surface area contributed by atoms with Crippen molar-refractivity contribution >= 4 is 46.3 Å². The van der Waals surface area contributed by atoms with Crippen molar-refractivity contribution in [3.63, 3.8) is 0 Å². The van der Waals surface area contributed by atoms with Gasteiger partial charge < -0.3 is 5.32 Å². The minimum atomic E-state index is -0.431. The second-order valence-electron chi connectivity index (χ2n) is 8.54. The first-order chi connectivity index (χ1) is 18.6. The molecule has 1 amide bonds. The first-order valence-electron chi connectivity index (χ1n) is 12.2. The molecule has 6 nitrogen and oxygen atoms in total. The number of nitrogens with one attached hydrogen (secondary N) is 1. The van der Waals surface area contributed by atoms with Gasteiger partial charge in [-0.05, 0) is 67.6 Å². The van der Waals surface area contributed by atoms with E-state index in [1.807, 2.05) is 127 Å². The van der Waals surface area contributed by atoms with Crippen LogP contribution in [0.3, 0.4) is 0 Å². The molecule has 0 spiro atoms. The Morgan fingerprint density at radius 1 is 0.842 bits per heavy atom. The van der Waals surface area contributed by atoms with Gasteiger partial charge in [0.05, 0.1) is 11.8 Å². The second kappa shape index (κ2) is 12.0. The molecule has 0 bridgehead atoms. The number of hydrogen-bond acceptors (Lipinski definition) is 5. The molecule has 0 radical (unpaired) electrons. The predicted octanol–water partition coefficient (Wildman–Crippen LogP) is 7.38. The molecule has 0 aliphatic rings. The summed E-state index contributed by atoms with van der Waals surface area (Å²) in [5.74, 6) is 0.687. The molecule has 5 rings (SSSR count). The summed E-state index contributed by atoms with van der Waals surface area (Å²) in [5.41, 5.74) is 3.48. The number of para-hydroxylation sites is 3. The Kier molecular flexibility index (Phi) is 8.06. The molecule has 0 unspecified atom stereocenters. The molecule has 1 atom stereocenters. The van der Waals surface area contributed by atoms with E-state index >= 15 is 0 Å². The van der Waals surface area contributed by atoms with Crippen LogP contribution in [0.4, 0.5) is 17.1 Å². The first-order valence-corrected chi connectivity index (χ1v) is 13.5. The van der Waals surface area contributed by atoms with Crippen molar-refractivity contribution in [1.82, 2.24) is 14.8 Å². The second-order valence-corrected chi connectivity index (χ2v) is 10.3. The third-order valence-electron chi connectivity index (χ3n) is 5.89. The fourth-order valence-corrected chi connectivity index (χ4v) is 5.08. The summed E-state index contributed by atoms with van der Waals surface area (Å²) < 4.78 is 1.99. The van der Waals surface area contributed by atoms with Crippen molar-refractivity contribution in [3.8, 4) is 5.69 Å². The summed E-state index contributed by atoms with van der Waals surface area (Å²) >= 11 is 7.41. The van der Waals surface area contributed by atoms with Crippen LogP contribution in [0.5, 0.6) is 0 Å². The van der Waals surface area contributed by atoms with E-state index in [9.17, 15) is 4.79 Å². The number of carbonyl (C=O) groups excluding carboxylic acids is 1. The fourth-order valence-electron chi connectivity index (χ4n) is 4.02. The van der Waals surface area contributed by atoms with E-state index in [2.05, 4.69) is 15.5 Å². The highest BCUT2D eigenvalue weighted by Gasteiger charge is 2.27. The lowest BCUT2D eigenvalue weighted by atomic mass is 10.2. The summed E-state index contributed by atoms with van der Waals surface area (Å²) in [5, 5.41) is 13.2. The van der Waals surface area contributed by atoms with Gasteiger partial charge in [-0.3, -0.25) is 14.3 Å². The average molecular weight is 540 g/mol. The summed E-state index contributed by atoms with van der Waals surface area (Å²) in [6.45, 7) is 2.36. The molecule has 8 heteroatoms. The van der Waals surface area contributed by atoms with Gasteiger partial charge in [-0.1, -0.05) is 78.0 Å². The van der Waals surface area contributed by atoms with Gasteiger partial charge in [0.1, 0.15) is 0 Å². The number of amides is 1. The van der Waals surface area contributed by atoms with E-state index in [4.69, 9.17) is 11.6 Å². The van der Waals surface area contributed by atoms with Gasteiger partial charge >= 0.3 is 0 Å². The van der Waals surface area contributed by atoms with Crippen LogP contribution in [0.1, 0.15) is 12.7 Å². The molecule has 4 aromatic carbocycles. The zero-order chi connectivity index (χ0) is 26.3. The van der Waals surface area contributed by atoms with Crippen molar-refractivity contribution < 1.29 is 4.79 Å². The highest BCUT2D eigenvalue weighted by molar-refractivity contribution is 8.00. The quantitative estimate of drug-likeness (QED) is 0.198. The molecule has 0 saturated heterocycles. The van der Waals surface area contributed by atoms with E-state index in [-0.39, 0.29) is 5.91 Å². The molecule has 190 valence electrons. The Bertz CT molecular complexity index is 1440. The number of thioether (sulfide) groups is 1. The molecule has 5 aromatic rings. The zero-order valence-electron chi connectivity index (χ0n) is 20.7. The maximum atomic E-state index is 13.9.